The second-order valence-corrected chi connectivity index (χ2v) is 5.43. The van der Waals surface area contributed by atoms with Crippen molar-refractivity contribution in [3.05, 3.63) is 34.8 Å². The number of nitrogens with one attached hydrogen (secondary N) is 1. The number of methoxy groups -OCH3 is 2. The van der Waals surface area contributed by atoms with Crippen molar-refractivity contribution in [3.63, 3.8) is 0 Å². The lowest BCUT2D eigenvalue weighted by Gasteiger charge is -2.10. The van der Waals surface area contributed by atoms with Crippen LogP contribution in [0.3, 0.4) is 0 Å². The zero-order chi connectivity index (χ0) is 15.0. The lowest BCUT2D eigenvalue weighted by molar-refractivity contribution is 0.397. The molecular formula is C15H14BrN3O2. The predicted molar refractivity (Wildman–Crippen MR) is 86.7 cm³/mol. The molecule has 2 aromatic carbocycles. The highest BCUT2D eigenvalue weighted by Crippen LogP contribution is 2.38. The summed E-state index contributed by atoms with van der Waals surface area (Å²) >= 11 is 3.43. The van der Waals surface area contributed by atoms with Gasteiger partial charge in [0.05, 0.1) is 25.4 Å². The Bertz CT molecular complexity index is 792. The lowest BCUT2D eigenvalue weighted by Crippen LogP contribution is -1.94. The molecule has 3 aromatic rings. The summed E-state index contributed by atoms with van der Waals surface area (Å²) in [4.78, 5) is 7.84. The number of aromatic nitrogens is 2. The number of benzene rings is 2. The van der Waals surface area contributed by atoms with Crippen LogP contribution in [0, 0.1) is 0 Å². The molecule has 3 rings (SSSR count). The average molecular weight is 348 g/mol. The summed E-state index contributed by atoms with van der Waals surface area (Å²) in [5.74, 6) is 2.03. The summed E-state index contributed by atoms with van der Waals surface area (Å²) in [6, 6.07) is 9.36. The topological polar surface area (TPSA) is 73.2 Å². The number of nitrogen functional groups attached to an aromatic ring is 1. The molecule has 108 valence electrons. The molecule has 6 heteroatoms. The van der Waals surface area contributed by atoms with Crippen molar-refractivity contribution in [3.8, 4) is 22.9 Å². The van der Waals surface area contributed by atoms with Gasteiger partial charge in [-0.1, -0.05) is 22.0 Å². The van der Waals surface area contributed by atoms with E-state index in [1.807, 2.05) is 30.3 Å². The van der Waals surface area contributed by atoms with E-state index in [0.29, 0.717) is 23.0 Å². The summed E-state index contributed by atoms with van der Waals surface area (Å²) in [6.45, 7) is 0. The lowest BCUT2D eigenvalue weighted by atomic mass is 10.1. The predicted octanol–water partition coefficient (Wildman–Crippen LogP) is 3.59. The van der Waals surface area contributed by atoms with Crippen LogP contribution >= 0.6 is 15.9 Å². The second-order valence-electron chi connectivity index (χ2n) is 4.51. The smallest absolute Gasteiger partial charge is 0.146 e. The Morgan fingerprint density at radius 2 is 1.81 bits per heavy atom. The van der Waals surface area contributed by atoms with Gasteiger partial charge in [0, 0.05) is 4.47 Å². The van der Waals surface area contributed by atoms with E-state index < -0.39 is 0 Å². The van der Waals surface area contributed by atoms with Gasteiger partial charge < -0.3 is 20.2 Å². The van der Waals surface area contributed by atoms with E-state index in [1.165, 1.54) is 0 Å². The number of rotatable bonds is 3. The average Bonchev–Trinajstić information content (AvgIpc) is 2.90. The number of halogens is 1. The Labute approximate surface area is 130 Å². The number of ether oxygens (including phenoxy) is 2. The molecular weight excluding hydrogens is 334 g/mol. The fraction of sp³-hybridized carbons (Fsp3) is 0.133. The first kappa shape index (κ1) is 13.8. The van der Waals surface area contributed by atoms with Crippen molar-refractivity contribution in [1.82, 2.24) is 9.97 Å². The van der Waals surface area contributed by atoms with Crippen molar-refractivity contribution in [1.29, 1.82) is 0 Å². The number of anilines is 1. The maximum Gasteiger partial charge on any atom is 0.146 e. The SMILES string of the molecule is COc1cccc(OC)c1-c1nc2c(N)cc(Br)cc2[nH]1. The highest BCUT2D eigenvalue weighted by molar-refractivity contribution is 9.10. The maximum absolute atomic E-state index is 6.01. The van der Waals surface area contributed by atoms with E-state index in [2.05, 4.69) is 25.9 Å². The number of H-pyrrole nitrogens is 1. The molecule has 1 aromatic heterocycles. The Balaban J connectivity index is 2.28. The van der Waals surface area contributed by atoms with E-state index in [1.54, 1.807) is 14.2 Å². The van der Waals surface area contributed by atoms with Gasteiger partial charge in [0.1, 0.15) is 28.4 Å². The van der Waals surface area contributed by atoms with Gasteiger partial charge in [-0.2, -0.15) is 0 Å². The van der Waals surface area contributed by atoms with E-state index in [4.69, 9.17) is 15.2 Å². The van der Waals surface area contributed by atoms with Crippen molar-refractivity contribution in [2.75, 3.05) is 20.0 Å². The monoisotopic (exact) mass is 347 g/mol. The molecule has 0 amide bonds. The van der Waals surface area contributed by atoms with Gasteiger partial charge in [-0.05, 0) is 24.3 Å². The molecule has 0 unspecified atom stereocenters. The van der Waals surface area contributed by atoms with E-state index in [9.17, 15) is 0 Å². The quantitative estimate of drug-likeness (QED) is 0.710. The molecule has 0 spiro atoms. The summed E-state index contributed by atoms with van der Waals surface area (Å²) in [5.41, 5.74) is 8.97. The number of hydrogen-bond donors (Lipinski definition) is 2. The fourth-order valence-electron chi connectivity index (χ4n) is 2.31. The van der Waals surface area contributed by atoms with Crippen LogP contribution in [0.5, 0.6) is 11.5 Å². The van der Waals surface area contributed by atoms with Crippen molar-refractivity contribution < 1.29 is 9.47 Å². The van der Waals surface area contributed by atoms with E-state index in [0.717, 1.165) is 21.1 Å². The number of nitrogens with two attached hydrogens (primary N) is 1. The Hall–Kier alpha value is -2.21. The van der Waals surface area contributed by atoms with Crippen molar-refractivity contribution in [2.24, 2.45) is 0 Å². The molecule has 0 bridgehead atoms. The Kier molecular flexibility index (Phi) is 3.47. The Morgan fingerprint density at radius 1 is 1.14 bits per heavy atom. The number of hydrogen-bond acceptors (Lipinski definition) is 4. The zero-order valence-corrected chi connectivity index (χ0v) is 13.2. The van der Waals surface area contributed by atoms with Crippen LogP contribution in [0.4, 0.5) is 5.69 Å². The molecule has 0 saturated heterocycles. The molecule has 5 nitrogen and oxygen atoms in total. The molecule has 0 atom stereocenters. The largest absolute Gasteiger partial charge is 0.496 e. The first-order chi connectivity index (χ1) is 10.1. The van der Waals surface area contributed by atoms with Crippen LogP contribution in [0.2, 0.25) is 0 Å². The molecule has 0 aliphatic rings. The molecule has 0 aliphatic carbocycles. The van der Waals surface area contributed by atoms with Gasteiger partial charge in [0.2, 0.25) is 0 Å². The first-order valence-electron chi connectivity index (χ1n) is 6.30. The minimum absolute atomic E-state index is 0.607. The fourth-order valence-corrected chi connectivity index (χ4v) is 2.79. The highest BCUT2D eigenvalue weighted by atomic mass is 79.9. The summed E-state index contributed by atoms with van der Waals surface area (Å²) in [5, 5.41) is 0. The van der Waals surface area contributed by atoms with Crippen molar-refractivity contribution in [2.45, 2.75) is 0 Å². The molecule has 0 saturated carbocycles. The van der Waals surface area contributed by atoms with Crippen LogP contribution < -0.4 is 15.2 Å². The summed E-state index contributed by atoms with van der Waals surface area (Å²) in [6.07, 6.45) is 0. The summed E-state index contributed by atoms with van der Waals surface area (Å²) in [7, 11) is 3.23. The standard InChI is InChI=1S/C15H14BrN3O2/c1-20-11-4-3-5-12(21-2)13(11)15-18-10-7-8(16)6-9(17)14(10)19-15/h3-7H,17H2,1-2H3,(H,18,19). The summed E-state index contributed by atoms with van der Waals surface area (Å²) < 4.78 is 11.7. The third kappa shape index (κ3) is 2.31. The van der Waals surface area contributed by atoms with Gasteiger partial charge >= 0.3 is 0 Å². The van der Waals surface area contributed by atoms with Crippen LogP contribution in [0.1, 0.15) is 0 Å². The highest BCUT2D eigenvalue weighted by Gasteiger charge is 2.17. The molecule has 21 heavy (non-hydrogen) atoms. The van der Waals surface area contributed by atoms with Crippen LogP contribution in [0.25, 0.3) is 22.4 Å². The molecule has 0 aliphatic heterocycles. The second kappa shape index (κ2) is 5.29. The first-order valence-corrected chi connectivity index (χ1v) is 7.09. The molecule has 3 N–H and O–H groups in total. The third-order valence-corrected chi connectivity index (χ3v) is 3.70. The van der Waals surface area contributed by atoms with Crippen molar-refractivity contribution >= 4 is 32.7 Å². The van der Waals surface area contributed by atoms with E-state index >= 15 is 0 Å². The maximum atomic E-state index is 6.01. The molecule has 0 radical (unpaired) electrons. The van der Waals surface area contributed by atoms with Crippen LogP contribution in [0.15, 0.2) is 34.8 Å². The van der Waals surface area contributed by atoms with Gasteiger partial charge in [-0.25, -0.2) is 4.98 Å². The minimum Gasteiger partial charge on any atom is -0.496 e. The third-order valence-electron chi connectivity index (χ3n) is 3.25. The van der Waals surface area contributed by atoms with Gasteiger partial charge in [-0.15, -0.1) is 0 Å². The van der Waals surface area contributed by atoms with Gasteiger partial charge in [0.15, 0.2) is 0 Å². The van der Waals surface area contributed by atoms with Crippen LogP contribution in [-0.2, 0) is 0 Å². The number of aromatic amines is 1. The number of fused-ring (bicyclic) bond motifs is 1. The van der Waals surface area contributed by atoms with E-state index in [-0.39, 0.29) is 0 Å². The van der Waals surface area contributed by atoms with Crippen LogP contribution in [-0.4, -0.2) is 24.2 Å². The minimum atomic E-state index is 0.607. The van der Waals surface area contributed by atoms with Gasteiger partial charge in [0.25, 0.3) is 0 Å². The number of nitrogens with zero attached hydrogens (tertiary/aromatic N) is 1. The van der Waals surface area contributed by atoms with Gasteiger partial charge in [-0.3, -0.25) is 0 Å². The Morgan fingerprint density at radius 3 is 2.43 bits per heavy atom. The zero-order valence-electron chi connectivity index (χ0n) is 11.6. The molecule has 1 heterocycles. The normalized spacial score (nSPS) is 10.8. The number of imidazole rings is 1. The molecule has 0 fully saturated rings.